The monoisotopic (exact) mass is 460 g/mol. The molecule has 1 N–H and O–H groups in total. The SMILES string of the molecule is Cn1ncc(C(=O)Nc2ccc(-c3cc4c(cc3Cl)OC(F)(F)O4)cn2)c1C(F)(F)F. The number of ether oxygens (including phenoxy) is 2. The minimum atomic E-state index is -4.78. The van der Waals surface area contributed by atoms with Crippen molar-refractivity contribution in [2.24, 2.45) is 7.05 Å². The van der Waals surface area contributed by atoms with Crippen LogP contribution < -0.4 is 14.8 Å². The zero-order valence-corrected chi connectivity index (χ0v) is 16.1. The lowest BCUT2D eigenvalue weighted by Gasteiger charge is -2.10. The Kier molecular flexibility index (Phi) is 4.76. The number of alkyl halides is 5. The summed E-state index contributed by atoms with van der Waals surface area (Å²) in [6.45, 7) is 0. The fourth-order valence-electron chi connectivity index (χ4n) is 2.94. The highest BCUT2D eigenvalue weighted by Crippen LogP contribution is 2.46. The van der Waals surface area contributed by atoms with Crippen LogP contribution in [0.2, 0.25) is 5.02 Å². The Morgan fingerprint density at radius 3 is 2.45 bits per heavy atom. The molecule has 0 saturated carbocycles. The fourth-order valence-corrected chi connectivity index (χ4v) is 3.21. The van der Waals surface area contributed by atoms with Gasteiger partial charge in [-0.15, -0.1) is 8.78 Å². The van der Waals surface area contributed by atoms with Crippen molar-refractivity contribution in [2.45, 2.75) is 12.5 Å². The second kappa shape index (κ2) is 7.08. The topological polar surface area (TPSA) is 78.3 Å². The summed E-state index contributed by atoms with van der Waals surface area (Å²) in [5.74, 6) is -1.55. The van der Waals surface area contributed by atoms with E-state index in [9.17, 15) is 26.7 Å². The standard InChI is InChI=1S/C18H10ClF5N4O3/c1-28-15(17(20,21)22)10(7-26-28)16(29)27-14-3-2-8(6-25-14)9-4-12-13(5-11(9)19)31-18(23,24)30-12/h2-7H,1H3,(H,25,27,29). The van der Waals surface area contributed by atoms with Crippen molar-refractivity contribution < 1.29 is 36.2 Å². The zero-order chi connectivity index (χ0) is 22.6. The number of amides is 1. The molecule has 0 unspecified atom stereocenters. The van der Waals surface area contributed by atoms with Gasteiger partial charge in [0.25, 0.3) is 5.91 Å². The van der Waals surface area contributed by atoms with Crippen LogP contribution in [-0.4, -0.2) is 27.0 Å². The molecule has 0 saturated heterocycles. The molecule has 0 atom stereocenters. The molecule has 1 aromatic carbocycles. The molecule has 0 bridgehead atoms. The fraction of sp³-hybridized carbons (Fsp3) is 0.167. The number of aryl methyl sites for hydroxylation is 1. The van der Waals surface area contributed by atoms with Crippen LogP contribution in [0, 0.1) is 0 Å². The highest BCUT2D eigenvalue weighted by atomic mass is 35.5. The van der Waals surface area contributed by atoms with Crippen LogP contribution in [0.4, 0.5) is 27.8 Å². The second-order valence-corrected chi connectivity index (χ2v) is 6.77. The van der Waals surface area contributed by atoms with E-state index in [4.69, 9.17) is 11.6 Å². The molecule has 0 spiro atoms. The number of fused-ring (bicyclic) bond motifs is 1. The van der Waals surface area contributed by atoms with Gasteiger partial charge in [-0.1, -0.05) is 11.6 Å². The van der Waals surface area contributed by atoms with E-state index < -0.39 is 29.6 Å². The molecule has 0 fully saturated rings. The van der Waals surface area contributed by atoms with Crippen LogP contribution in [0.15, 0.2) is 36.7 Å². The number of anilines is 1. The van der Waals surface area contributed by atoms with E-state index in [1.807, 2.05) is 0 Å². The van der Waals surface area contributed by atoms with Crippen LogP contribution in [0.25, 0.3) is 11.1 Å². The minimum Gasteiger partial charge on any atom is -0.395 e. The van der Waals surface area contributed by atoms with Gasteiger partial charge in [-0.25, -0.2) is 4.98 Å². The maximum Gasteiger partial charge on any atom is 0.586 e. The molecule has 13 heteroatoms. The highest BCUT2D eigenvalue weighted by Gasteiger charge is 2.44. The van der Waals surface area contributed by atoms with E-state index in [2.05, 4.69) is 24.9 Å². The van der Waals surface area contributed by atoms with Gasteiger partial charge in [0, 0.05) is 30.4 Å². The molecule has 31 heavy (non-hydrogen) atoms. The first-order valence-corrected chi connectivity index (χ1v) is 8.79. The molecule has 4 rings (SSSR count). The van der Waals surface area contributed by atoms with Crippen LogP contribution in [0.5, 0.6) is 11.5 Å². The Morgan fingerprint density at radius 1 is 1.16 bits per heavy atom. The molecule has 3 aromatic rings. The summed E-state index contributed by atoms with van der Waals surface area (Å²) in [6, 6.07) is 5.15. The average Bonchev–Trinajstić information content (AvgIpc) is 3.19. The number of hydrogen-bond donors (Lipinski definition) is 1. The molecule has 1 aliphatic heterocycles. The van der Waals surface area contributed by atoms with Gasteiger partial charge in [0.15, 0.2) is 17.2 Å². The summed E-state index contributed by atoms with van der Waals surface area (Å²) in [5.41, 5.74) is -1.20. The van der Waals surface area contributed by atoms with Gasteiger partial charge >= 0.3 is 12.5 Å². The number of carbonyl (C=O) groups is 1. The molecule has 0 aliphatic carbocycles. The largest absolute Gasteiger partial charge is 0.586 e. The van der Waals surface area contributed by atoms with Crippen molar-refractivity contribution in [3.63, 3.8) is 0 Å². The Hall–Kier alpha value is -3.41. The second-order valence-electron chi connectivity index (χ2n) is 6.36. The van der Waals surface area contributed by atoms with E-state index in [1.165, 1.54) is 24.4 Å². The van der Waals surface area contributed by atoms with E-state index in [-0.39, 0.29) is 22.3 Å². The zero-order valence-electron chi connectivity index (χ0n) is 15.3. The molecule has 1 amide bonds. The van der Waals surface area contributed by atoms with Gasteiger partial charge in [-0.2, -0.15) is 18.3 Å². The third kappa shape index (κ3) is 3.98. The van der Waals surface area contributed by atoms with Crippen molar-refractivity contribution in [1.29, 1.82) is 0 Å². The number of rotatable bonds is 3. The number of nitrogens with one attached hydrogen (secondary N) is 1. The number of nitrogens with zero attached hydrogens (tertiary/aromatic N) is 3. The number of aromatic nitrogens is 3. The Balaban J connectivity index is 1.56. The van der Waals surface area contributed by atoms with Crippen LogP contribution in [0.3, 0.4) is 0 Å². The summed E-state index contributed by atoms with van der Waals surface area (Å²) in [5, 5.41) is 5.80. The average molecular weight is 461 g/mol. The van der Waals surface area contributed by atoms with Crippen LogP contribution >= 0.6 is 11.6 Å². The van der Waals surface area contributed by atoms with E-state index >= 15 is 0 Å². The Labute approximate surface area is 175 Å². The number of pyridine rings is 1. The van der Waals surface area contributed by atoms with E-state index in [0.29, 0.717) is 15.8 Å². The molecule has 7 nitrogen and oxygen atoms in total. The van der Waals surface area contributed by atoms with Gasteiger partial charge in [0.1, 0.15) is 5.82 Å². The summed E-state index contributed by atoms with van der Waals surface area (Å²) < 4.78 is 75.0. The third-order valence-corrected chi connectivity index (χ3v) is 4.57. The lowest BCUT2D eigenvalue weighted by molar-refractivity contribution is -0.286. The Morgan fingerprint density at radius 2 is 1.84 bits per heavy atom. The summed E-state index contributed by atoms with van der Waals surface area (Å²) in [7, 11) is 1.07. The van der Waals surface area contributed by atoms with Gasteiger partial charge in [0.05, 0.1) is 16.8 Å². The Bertz CT molecular complexity index is 1180. The lowest BCUT2D eigenvalue weighted by atomic mass is 10.1. The van der Waals surface area contributed by atoms with Gasteiger partial charge in [-0.05, 0) is 18.2 Å². The van der Waals surface area contributed by atoms with Gasteiger partial charge in [-0.3, -0.25) is 9.48 Å². The summed E-state index contributed by atoms with van der Waals surface area (Å²) >= 11 is 6.11. The predicted molar refractivity (Wildman–Crippen MR) is 97.0 cm³/mol. The maximum absolute atomic E-state index is 13.2. The van der Waals surface area contributed by atoms with E-state index in [0.717, 1.165) is 19.3 Å². The van der Waals surface area contributed by atoms with Crippen molar-refractivity contribution in [3.8, 4) is 22.6 Å². The quantitative estimate of drug-likeness (QED) is 0.572. The first-order chi connectivity index (χ1) is 14.4. The predicted octanol–water partition coefficient (Wildman–Crippen LogP) is 4.73. The number of carbonyl (C=O) groups excluding carboxylic acids is 1. The highest BCUT2D eigenvalue weighted by molar-refractivity contribution is 6.33. The van der Waals surface area contributed by atoms with Crippen molar-refractivity contribution in [3.05, 3.63) is 52.9 Å². The van der Waals surface area contributed by atoms with Gasteiger partial charge < -0.3 is 14.8 Å². The first kappa shape index (κ1) is 20.8. The number of halogens is 6. The maximum atomic E-state index is 13.2. The third-order valence-electron chi connectivity index (χ3n) is 4.26. The summed E-state index contributed by atoms with van der Waals surface area (Å²) in [4.78, 5) is 16.2. The molecular formula is C18H10ClF5N4O3. The molecular weight excluding hydrogens is 451 g/mol. The normalized spacial score (nSPS) is 14.5. The molecule has 3 heterocycles. The van der Waals surface area contributed by atoms with Crippen molar-refractivity contribution in [2.75, 3.05) is 5.32 Å². The van der Waals surface area contributed by atoms with Crippen molar-refractivity contribution >= 4 is 23.3 Å². The molecule has 0 radical (unpaired) electrons. The summed E-state index contributed by atoms with van der Waals surface area (Å²) in [6.07, 6.45) is -6.53. The van der Waals surface area contributed by atoms with Crippen molar-refractivity contribution in [1.82, 2.24) is 14.8 Å². The molecule has 2 aromatic heterocycles. The smallest absolute Gasteiger partial charge is 0.395 e. The number of hydrogen-bond acceptors (Lipinski definition) is 5. The number of benzene rings is 1. The first-order valence-electron chi connectivity index (χ1n) is 8.41. The minimum absolute atomic E-state index is 0.0471. The molecule has 162 valence electrons. The van der Waals surface area contributed by atoms with Crippen LogP contribution in [0.1, 0.15) is 16.1 Å². The van der Waals surface area contributed by atoms with E-state index in [1.54, 1.807) is 0 Å². The van der Waals surface area contributed by atoms with Crippen LogP contribution in [-0.2, 0) is 13.2 Å². The van der Waals surface area contributed by atoms with Gasteiger partial charge in [0.2, 0.25) is 0 Å². The molecule has 1 aliphatic rings. The lowest BCUT2D eigenvalue weighted by Crippen LogP contribution is -2.25.